The van der Waals surface area contributed by atoms with Gasteiger partial charge in [0.2, 0.25) is 0 Å². The van der Waals surface area contributed by atoms with Gasteiger partial charge in [-0.3, -0.25) is 9.67 Å². The number of nitrogens with zero attached hydrogens (tertiary/aromatic N) is 3. The number of hydrogen-bond acceptors (Lipinski definition) is 5. The third kappa shape index (κ3) is 3.86. The Bertz CT molecular complexity index is 1140. The molecule has 0 aliphatic rings. The van der Waals surface area contributed by atoms with Crippen LogP contribution in [0.15, 0.2) is 30.3 Å². The van der Waals surface area contributed by atoms with Crippen molar-refractivity contribution in [1.82, 2.24) is 19.7 Å². The van der Waals surface area contributed by atoms with E-state index in [9.17, 15) is 14.3 Å². The highest BCUT2D eigenvalue weighted by atomic mass is 32.1. The summed E-state index contributed by atoms with van der Waals surface area (Å²) in [6, 6.07) is 7.96. The first-order valence-electron chi connectivity index (χ1n) is 8.92. The third-order valence-electron chi connectivity index (χ3n) is 4.45. The molecule has 0 radical (unpaired) electrons. The van der Waals surface area contributed by atoms with Gasteiger partial charge < -0.3 is 14.7 Å². The molecule has 0 fully saturated rings. The minimum absolute atomic E-state index is 0.174. The molecule has 0 spiro atoms. The predicted molar refractivity (Wildman–Crippen MR) is 110 cm³/mol. The van der Waals surface area contributed by atoms with Crippen LogP contribution < -0.4 is 4.74 Å². The van der Waals surface area contributed by atoms with Crippen LogP contribution in [0.2, 0.25) is 0 Å². The molecule has 9 heteroatoms. The number of rotatable bonds is 4. The minimum Gasteiger partial charge on any atom is -0.507 e. The third-order valence-corrected chi connectivity index (χ3v) is 4.72. The zero-order valence-corrected chi connectivity index (χ0v) is 17.3. The zero-order valence-electron chi connectivity index (χ0n) is 16.5. The number of benzene rings is 2. The van der Waals surface area contributed by atoms with E-state index < -0.39 is 11.9 Å². The van der Waals surface area contributed by atoms with Gasteiger partial charge in [0.15, 0.2) is 10.6 Å². The number of aromatic amines is 1. The maximum absolute atomic E-state index is 14.7. The van der Waals surface area contributed by atoms with Crippen LogP contribution >= 0.6 is 12.2 Å². The van der Waals surface area contributed by atoms with E-state index in [-0.39, 0.29) is 27.8 Å². The van der Waals surface area contributed by atoms with E-state index in [1.165, 1.54) is 15.5 Å². The summed E-state index contributed by atoms with van der Waals surface area (Å²) in [4.78, 5) is 13.2. The normalized spacial score (nSPS) is 10.8. The quantitative estimate of drug-likeness (QED) is 0.617. The summed E-state index contributed by atoms with van der Waals surface area (Å²) in [5.74, 6) is -0.114. The second kappa shape index (κ2) is 8.04. The lowest BCUT2D eigenvalue weighted by Gasteiger charge is -2.16. The van der Waals surface area contributed by atoms with E-state index in [1.54, 1.807) is 45.3 Å². The molecule has 1 aromatic heterocycles. The van der Waals surface area contributed by atoms with Gasteiger partial charge in [-0.2, -0.15) is 5.10 Å². The Morgan fingerprint density at radius 3 is 2.76 bits per heavy atom. The fraction of sp³-hybridized carbons (Fsp3) is 0.250. The van der Waals surface area contributed by atoms with Crippen LogP contribution in [-0.4, -0.2) is 45.0 Å². The highest BCUT2D eigenvalue weighted by molar-refractivity contribution is 7.71. The van der Waals surface area contributed by atoms with Gasteiger partial charge in [-0.05, 0) is 48.8 Å². The summed E-state index contributed by atoms with van der Waals surface area (Å²) in [6.07, 6.45) is -0.0239. The standard InChI is InChI=1S/C20H21FN4O3S/c1-5-12-9-13(15(26)10-16(12)28-20(27)24(3)4)18-22-23-19(29)25(18)14-8-6-7-11(2)17(14)21/h6-10,26H,5H2,1-4H3,(H,23,29). The number of aromatic hydroxyl groups is 1. The Hall–Kier alpha value is -3.20. The highest BCUT2D eigenvalue weighted by Gasteiger charge is 2.21. The lowest BCUT2D eigenvalue weighted by Crippen LogP contribution is -2.25. The van der Waals surface area contributed by atoms with Crippen LogP contribution in [0, 0.1) is 17.5 Å². The van der Waals surface area contributed by atoms with E-state index in [2.05, 4.69) is 10.2 Å². The number of aromatic nitrogens is 3. The molecule has 0 saturated carbocycles. The maximum atomic E-state index is 14.7. The molecule has 0 saturated heterocycles. The summed E-state index contributed by atoms with van der Waals surface area (Å²) in [5.41, 5.74) is 1.69. The topological polar surface area (TPSA) is 83.4 Å². The van der Waals surface area contributed by atoms with E-state index in [0.717, 1.165) is 0 Å². The predicted octanol–water partition coefficient (Wildman–Crippen LogP) is 4.37. The SMILES string of the molecule is CCc1cc(-c2n[nH]c(=S)n2-c2cccc(C)c2F)c(O)cc1OC(=O)N(C)C. The first-order chi connectivity index (χ1) is 13.7. The van der Waals surface area contributed by atoms with Crippen LogP contribution in [0.3, 0.4) is 0 Å². The van der Waals surface area contributed by atoms with Gasteiger partial charge in [0.1, 0.15) is 17.3 Å². The molecule has 0 atom stereocenters. The van der Waals surface area contributed by atoms with Gasteiger partial charge in [-0.1, -0.05) is 19.1 Å². The molecule has 1 amide bonds. The van der Waals surface area contributed by atoms with Crippen molar-refractivity contribution in [3.63, 3.8) is 0 Å². The molecular weight excluding hydrogens is 395 g/mol. The summed E-state index contributed by atoms with van der Waals surface area (Å²) < 4.78 is 21.7. The molecule has 2 N–H and O–H groups in total. The summed E-state index contributed by atoms with van der Waals surface area (Å²) in [7, 11) is 3.13. The van der Waals surface area contributed by atoms with Crippen molar-refractivity contribution in [1.29, 1.82) is 0 Å². The fourth-order valence-corrected chi connectivity index (χ4v) is 3.09. The maximum Gasteiger partial charge on any atom is 0.414 e. The summed E-state index contributed by atoms with van der Waals surface area (Å²) in [5, 5.41) is 17.5. The minimum atomic E-state index is -0.559. The second-order valence-electron chi connectivity index (χ2n) is 6.69. The number of phenolic OH excluding ortho intramolecular Hbond substituents is 1. The first-order valence-corrected chi connectivity index (χ1v) is 9.33. The smallest absolute Gasteiger partial charge is 0.414 e. The Morgan fingerprint density at radius 1 is 1.38 bits per heavy atom. The number of phenols is 1. The number of ether oxygens (including phenoxy) is 1. The average molecular weight is 416 g/mol. The monoisotopic (exact) mass is 416 g/mol. The van der Waals surface area contributed by atoms with E-state index >= 15 is 0 Å². The average Bonchev–Trinajstić information content (AvgIpc) is 3.05. The number of H-pyrrole nitrogens is 1. The van der Waals surface area contributed by atoms with Crippen LogP contribution in [0.1, 0.15) is 18.1 Å². The molecule has 3 aromatic rings. The largest absolute Gasteiger partial charge is 0.507 e. The number of halogens is 1. The Balaban J connectivity index is 2.17. The number of carbonyl (C=O) groups is 1. The number of aryl methyl sites for hydroxylation is 2. The van der Waals surface area contributed by atoms with Crippen LogP contribution in [0.5, 0.6) is 11.5 Å². The number of amides is 1. The molecular formula is C20H21FN4O3S. The van der Waals surface area contributed by atoms with Crippen molar-refractivity contribution in [3.8, 4) is 28.6 Å². The number of hydrogen-bond donors (Lipinski definition) is 2. The first kappa shape index (κ1) is 20.5. The second-order valence-corrected chi connectivity index (χ2v) is 7.08. The highest BCUT2D eigenvalue weighted by Crippen LogP contribution is 2.36. The molecule has 7 nitrogen and oxygen atoms in total. The van der Waals surface area contributed by atoms with E-state index in [4.69, 9.17) is 17.0 Å². The van der Waals surface area contributed by atoms with Crippen molar-refractivity contribution in [2.24, 2.45) is 0 Å². The van der Waals surface area contributed by atoms with Gasteiger partial charge in [0.05, 0.1) is 11.3 Å². The lowest BCUT2D eigenvalue weighted by atomic mass is 10.1. The molecule has 1 heterocycles. The van der Waals surface area contributed by atoms with Gasteiger partial charge in [0.25, 0.3) is 0 Å². The molecule has 0 unspecified atom stereocenters. The van der Waals surface area contributed by atoms with Crippen molar-refractivity contribution < 1.29 is 19.0 Å². The number of nitrogens with one attached hydrogen (secondary N) is 1. The van der Waals surface area contributed by atoms with Crippen molar-refractivity contribution in [2.45, 2.75) is 20.3 Å². The van der Waals surface area contributed by atoms with E-state index in [0.29, 0.717) is 23.1 Å². The van der Waals surface area contributed by atoms with Crippen molar-refractivity contribution in [3.05, 3.63) is 52.0 Å². The molecule has 0 aliphatic carbocycles. The number of carbonyl (C=O) groups excluding carboxylic acids is 1. The van der Waals surface area contributed by atoms with Crippen molar-refractivity contribution in [2.75, 3.05) is 14.1 Å². The molecule has 0 aliphatic heterocycles. The Labute approximate surface area is 172 Å². The Morgan fingerprint density at radius 2 is 2.10 bits per heavy atom. The summed E-state index contributed by atoms with van der Waals surface area (Å²) in [6.45, 7) is 3.54. The van der Waals surface area contributed by atoms with Crippen molar-refractivity contribution >= 4 is 18.3 Å². The zero-order chi connectivity index (χ0) is 21.3. The van der Waals surface area contributed by atoms with Crippen LogP contribution in [-0.2, 0) is 6.42 Å². The van der Waals surface area contributed by atoms with Gasteiger partial charge >= 0.3 is 6.09 Å². The van der Waals surface area contributed by atoms with Crippen LogP contribution in [0.4, 0.5) is 9.18 Å². The van der Waals surface area contributed by atoms with Gasteiger partial charge in [0, 0.05) is 20.2 Å². The molecule has 29 heavy (non-hydrogen) atoms. The molecule has 0 bridgehead atoms. The molecule has 3 rings (SSSR count). The van der Waals surface area contributed by atoms with Crippen LogP contribution in [0.25, 0.3) is 17.1 Å². The van der Waals surface area contributed by atoms with E-state index in [1.807, 2.05) is 6.92 Å². The van der Waals surface area contributed by atoms with Gasteiger partial charge in [-0.15, -0.1) is 0 Å². The fourth-order valence-electron chi connectivity index (χ4n) is 2.86. The van der Waals surface area contributed by atoms with Gasteiger partial charge in [-0.25, -0.2) is 9.18 Å². The Kier molecular flexibility index (Phi) is 5.69. The molecule has 152 valence electrons. The molecule has 2 aromatic carbocycles. The lowest BCUT2D eigenvalue weighted by molar-refractivity contribution is 0.171. The summed E-state index contributed by atoms with van der Waals surface area (Å²) >= 11 is 5.30.